The van der Waals surface area contributed by atoms with E-state index in [1.807, 2.05) is 0 Å². The second-order valence-electron chi connectivity index (χ2n) is 5.92. The number of aliphatic carboxylic acids is 1. The fourth-order valence-corrected chi connectivity index (χ4v) is 2.30. The number of hydrogen-bond donors (Lipinski definition) is 3. The number of rotatable bonds is 9. The first-order valence-corrected chi connectivity index (χ1v) is 8.08. The van der Waals surface area contributed by atoms with E-state index in [-0.39, 0.29) is 18.8 Å². The topological polar surface area (TPSA) is 102 Å². The normalized spacial score (nSPS) is 11.8. The van der Waals surface area contributed by atoms with E-state index in [2.05, 4.69) is 5.32 Å². The van der Waals surface area contributed by atoms with Gasteiger partial charge in [0.15, 0.2) is 0 Å². The van der Waals surface area contributed by atoms with E-state index in [0.29, 0.717) is 17.9 Å². The van der Waals surface area contributed by atoms with Crippen LogP contribution in [-0.4, -0.2) is 23.0 Å². The van der Waals surface area contributed by atoms with Crippen molar-refractivity contribution >= 4 is 11.9 Å². The molecule has 2 rings (SSSR count). The summed E-state index contributed by atoms with van der Waals surface area (Å²) >= 11 is 0. The van der Waals surface area contributed by atoms with Gasteiger partial charge in [-0.2, -0.15) is 0 Å². The summed E-state index contributed by atoms with van der Waals surface area (Å²) in [6.45, 7) is 2.19. The number of primary amides is 1. The van der Waals surface area contributed by atoms with Gasteiger partial charge in [0.2, 0.25) is 5.91 Å². The van der Waals surface area contributed by atoms with Gasteiger partial charge in [-0.05, 0) is 47.9 Å². The van der Waals surface area contributed by atoms with E-state index in [1.165, 1.54) is 12.1 Å². The average Bonchev–Trinajstić information content (AvgIpc) is 2.59. The molecule has 1 amide bonds. The minimum Gasteiger partial charge on any atom is -0.489 e. The first-order chi connectivity index (χ1) is 12.3. The van der Waals surface area contributed by atoms with Gasteiger partial charge in [0.1, 0.15) is 18.2 Å². The van der Waals surface area contributed by atoms with E-state index < -0.39 is 17.9 Å². The molecule has 0 spiro atoms. The van der Waals surface area contributed by atoms with Crippen LogP contribution in [0.5, 0.6) is 5.75 Å². The van der Waals surface area contributed by atoms with Gasteiger partial charge >= 0.3 is 5.97 Å². The van der Waals surface area contributed by atoms with Crippen molar-refractivity contribution in [1.29, 1.82) is 0 Å². The standard InChI is InChI=1S/C19H21FN2O4/c1-12(19(21)25)22-10-14-4-7-17(8-15(14)9-18(23)24)26-11-13-2-5-16(20)6-3-13/h2-8,12,22H,9-11H2,1H3,(H2,21,25)(H,23,24). The lowest BCUT2D eigenvalue weighted by molar-refractivity contribution is -0.136. The van der Waals surface area contributed by atoms with Crippen LogP contribution >= 0.6 is 0 Å². The van der Waals surface area contributed by atoms with Gasteiger partial charge in [0, 0.05) is 6.54 Å². The number of hydrogen-bond acceptors (Lipinski definition) is 4. The number of nitrogens with one attached hydrogen (secondary N) is 1. The van der Waals surface area contributed by atoms with E-state index >= 15 is 0 Å². The maximum Gasteiger partial charge on any atom is 0.307 e. The van der Waals surface area contributed by atoms with Crippen LogP contribution in [0.3, 0.4) is 0 Å². The van der Waals surface area contributed by atoms with Crippen molar-refractivity contribution in [2.45, 2.75) is 32.5 Å². The Bertz CT molecular complexity index is 778. The Morgan fingerprint density at radius 1 is 1.19 bits per heavy atom. The third-order valence-corrected chi connectivity index (χ3v) is 3.86. The largest absolute Gasteiger partial charge is 0.489 e. The second kappa shape index (κ2) is 8.96. The molecule has 6 nitrogen and oxygen atoms in total. The van der Waals surface area contributed by atoms with E-state index in [1.54, 1.807) is 37.3 Å². The van der Waals surface area contributed by atoms with Gasteiger partial charge in [-0.3, -0.25) is 9.59 Å². The SMILES string of the molecule is CC(NCc1ccc(OCc2ccc(F)cc2)cc1CC(=O)O)C(N)=O. The molecule has 0 radical (unpaired) electrons. The van der Waals surface area contributed by atoms with Gasteiger partial charge in [-0.25, -0.2) is 4.39 Å². The quantitative estimate of drug-likeness (QED) is 0.635. The summed E-state index contributed by atoms with van der Waals surface area (Å²) in [6, 6.07) is 10.5. The van der Waals surface area contributed by atoms with Crippen LogP contribution in [0.15, 0.2) is 42.5 Å². The summed E-state index contributed by atoms with van der Waals surface area (Å²) in [7, 11) is 0. The highest BCUT2D eigenvalue weighted by Gasteiger charge is 2.12. The lowest BCUT2D eigenvalue weighted by atomic mass is 10.0. The van der Waals surface area contributed by atoms with Crippen LogP contribution < -0.4 is 15.8 Å². The summed E-state index contributed by atoms with van der Waals surface area (Å²) in [5.41, 5.74) is 7.33. The molecule has 138 valence electrons. The molecule has 0 saturated carbocycles. The monoisotopic (exact) mass is 360 g/mol. The Morgan fingerprint density at radius 2 is 1.88 bits per heavy atom. The minimum atomic E-state index is -0.968. The zero-order valence-corrected chi connectivity index (χ0v) is 14.4. The maximum absolute atomic E-state index is 12.9. The van der Waals surface area contributed by atoms with Crippen molar-refractivity contribution < 1.29 is 23.8 Å². The van der Waals surface area contributed by atoms with Crippen LogP contribution in [0.25, 0.3) is 0 Å². The number of carboxylic acids is 1. The lowest BCUT2D eigenvalue weighted by Crippen LogP contribution is -2.38. The first kappa shape index (κ1) is 19.4. The van der Waals surface area contributed by atoms with Gasteiger partial charge in [0.05, 0.1) is 12.5 Å². The van der Waals surface area contributed by atoms with Gasteiger partial charge < -0.3 is 20.9 Å². The fourth-order valence-electron chi connectivity index (χ4n) is 2.30. The number of carbonyl (C=O) groups excluding carboxylic acids is 1. The number of carboxylic acid groups (broad SMARTS) is 1. The van der Waals surface area contributed by atoms with Crippen molar-refractivity contribution in [3.63, 3.8) is 0 Å². The molecule has 0 aliphatic carbocycles. The smallest absolute Gasteiger partial charge is 0.307 e. The highest BCUT2D eigenvalue weighted by molar-refractivity contribution is 5.79. The minimum absolute atomic E-state index is 0.171. The molecule has 2 aromatic rings. The Balaban J connectivity index is 2.09. The van der Waals surface area contributed by atoms with E-state index in [0.717, 1.165) is 11.1 Å². The van der Waals surface area contributed by atoms with Crippen LogP contribution in [-0.2, 0) is 29.2 Å². The molecule has 0 aliphatic rings. The predicted molar refractivity (Wildman–Crippen MR) is 94.0 cm³/mol. The Morgan fingerprint density at radius 3 is 2.50 bits per heavy atom. The molecule has 0 aromatic heterocycles. The first-order valence-electron chi connectivity index (χ1n) is 8.08. The highest BCUT2D eigenvalue weighted by Crippen LogP contribution is 2.20. The summed E-state index contributed by atoms with van der Waals surface area (Å²) in [5.74, 6) is -1.26. The molecule has 4 N–H and O–H groups in total. The Kier molecular flexibility index (Phi) is 6.68. The highest BCUT2D eigenvalue weighted by atomic mass is 19.1. The third kappa shape index (κ3) is 5.86. The van der Waals surface area contributed by atoms with Gasteiger partial charge in [0.25, 0.3) is 0 Å². The number of halogens is 1. The van der Waals surface area contributed by atoms with Crippen molar-refractivity contribution in [2.75, 3.05) is 0 Å². The summed E-state index contributed by atoms with van der Waals surface area (Å²) in [5, 5.41) is 12.1. The van der Waals surface area contributed by atoms with E-state index in [4.69, 9.17) is 15.6 Å². The molecule has 1 atom stereocenters. The summed E-state index contributed by atoms with van der Waals surface area (Å²) < 4.78 is 18.6. The molecule has 1 unspecified atom stereocenters. The van der Waals surface area contributed by atoms with Crippen molar-refractivity contribution in [1.82, 2.24) is 5.32 Å². The van der Waals surface area contributed by atoms with Gasteiger partial charge in [-0.15, -0.1) is 0 Å². The summed E-state index contributed by atoms with van der Waals surface area (Å²) in [6.07, 6.45) is -0.171. The Hall–Kier alpha value is -2.93. The number of ether oxygens (including phenoxy) is 1. The van der Waals surface area contributed by atoms with Crippen molar-refractivity contribution in [2.24, 2.45) is 5.73 Å². The maximum atomic E-state index is 12.9. The number of nitrogens with two attached hydrogens (primary N) is 1. The van der Waals surface area contributed by atoms with Crippen molar-refractivity contribution in [3.05, 3.63) is 65.0 Å². The third-order valence-electron chi connectivity index (χ3n) is 3.86. The van der Waals surface area contributed by atoms with Crippen LogP contribution in [0.2, 0.25) is 0 Å². The number of amides is 1. The molecule has 0 saturated heterocycles. The molecular formula is C19H21FN2O4. The molecule has 7 heteroatoms. The second-order valence-corrected chi connectivity index (χ2v) is 5.92. The fraction of sp³-hybridized carbons (Fsp3) is 0.263. The van der Waals surface area contributed by atoms with Gasteiger partial charge in [-0.1, -0.05) is 18.2 Å². The molecular weight excluding hydrogens is 339 g/mol. The zero-order valence-electron chi connectivity index (χ0n) is 14.4. The number of carbonyl (C=O) groups is 2. The van der Waals surface area contributed by atoms with Crippen LogP contribution in [0.4, 0.5) is 4.39 Å². The summed E-state index contributed by atoms with van der Waals surface area (Å²) in [4.78, 5) is 22.2. The molecule has 0 bridgehead atoms. The molecule has 0 aliphatic heterocycles. The van der Waals surface area contributed by atoms with E-state index in [9.17, 15) is 14.0 Å². The zero-order chi connectivity index (χ0) is 19.1. The molecule has 2 aromatic carbocycles. The van der Waals surface area contributed by atoms with Crippen LogP contribution in [0.1, 0.15) is 23.6 Å². The Labute approximate surface area is 150 Å². The molecule has 0 heterocycles. The molecule has 26 heavy (non-hydrogen) atoms. The molecule has 0 fully saturated rings. The lowest BCUT2D eigenvalue weighted by Gasteiger charge is -2.14. The predicted octanol–water partition coefficient (Wildman–Crippen LogP) is 2.00. The number of benzene rings is 2. The van der Waals surface area contributed by atoms with Crippen molar-refractivity contribution in [3.8, 4) is 5.75 Å². The average molecular weight is 360 g/mol. The van der Waals surface area contributed by atoms with Crippen LogP contribution in [0, 0.1) is 5.82 Å².